The van der Waals surface area contributed by atoms with E-state index in [-0.39, 0.29) is 11.2 Å². The fraction of sp³-hybridized carbons (Fsp3) is 0.214. The lowest BCUT2D eigenvalue weighted by Gasteiger charge is -2.20. The summed E-state index contributed by atoms with van der Waals surface area (Å²) < 4.78 is 18.6. The van der Waals surface area contributed by atoms with Gasteiger partial charge in [-0.25, -0.2) is 4.68 Å². The molecule has 1 N–H and O–H groups in total. The van der Waals surface area contributed by atoms with E-state index in [0.29, 0.717) is 29.7 Å². The zero-order valence-corrected chi connectivity index (χ0v) is 21.2. The van der Waals surface area contributed by atoms with E-state index in [4.69, 9.17) is 19.3 Å². The van der Waals surface area contributed by atoms with Crippen molar-refractivity contribution < 1.29 is 19.0 Å². The maximum Gasteiger partial charge on any atom is 0.235 e. The fourth-order valence-electron chi connectivity index (χ4n) is 4.52. The molecule has 1 amide bonds. The molecule has 1 aliphatic rings. The van der Waals surface area contributed by atoms with Crippen molar-refractivity contribution in [2.75, 3.05) is 32.4 Å². The van der Waals surface area contributed by atoms with Gasteiger partial charge in [0.2, 0.25) is 5.91 Å². The van der Waals surface area contributed by atoms with E-state index in [1.165, 1.54) is 0 Å². The second-order valence-corrected chi connectivity index (χ2v) is 9.41. The molecule has 0 saturated heterocycles. The summed E-state index contributed by atoms with van der Waals surface area (Å²) in [6.45, 7) is 0.365. The molecule has 3 aromatic carbocycles. The van der Waals surface area contributed by atoms with Gasteiger partial charge in [-0.15, -0.1) is 11.8 Å². The number of hydrogen-bond donors (Lipinski definition) is 1. The van der Waals surface area contributed by atoms with E-state index in [0.717, 1.165) is 33.6 Å². The highest BCUT2D eigenvalue weighted by Crippen LogP contribution is 2.48. The van der Waals surface area contributed by atoms with Crippen LogP contribution < -0.4 is 14.8 Å². The standard InChI is InChI=1S/C28H27N3O4S/c1-33-16-20-14-19(15-22(34-2)26(20)35-3)27-24-25(18-10-6-4-7-11-18)30-31(21-12-8-5-9-13-21)28(24)29-23(32)17-36-27/h4-15,27H,16-17H2,1-3H3,(H,29,32)/t27-/m0/s1. The third-order valence-corrected chi connectivity index (χ3v) is 7.32. The first-order chi connectivity index (χ1) is 17.6. The van der Waals surface area contributed by atoms with Gasteiger partial charge in [-0.3, -0.25) is 4.79 Å². The molecule has 1 aromatic heterocycles. The Balaban J connectivity index is 1.78. The molecule has 0 bridgehead atoms. The number of hydrogen-bond acceptors (Lipinski definition) is 6. The minimum atomic E-state index is -0.193. The lowest BCUT2D eigenvalue weighted by molar-refractivity contribution is -0.113. The van der Waals surface area contributed by atoms with Crippen molar-refractivity contribution in [2.24, 2.45) is 0 Å². The molecule has 0 saturated carbocycles. The SMILES string of the molecule is COCc1cc([C@@H]2SCC(=O)Nc3c2c(-c2ccccc2)nn3-c2ccccc2)cc(OC)c1OC. The molecule has 7 nitrogen and oxygen atoms in total. The van der Waals surface area contributed by atoms with Gasteiger partial charge in [-0.1, -0.05) is 48.5 Å². The summed E-state index contributed by atoms with van der Waals surface area (Å²) in [5, 5.41) is 7.97. The van der Waals surface area contributed by atoms with E-state index in [1.807, 2.05) is 71.4 Å². The smallest absolute Gasteiger partial charge is 0.235 e. The van der Waals surface area contributed by atoms with Crippen LogP contribution in [0.1, 0.15) is 21.9 Å². The van der Waals surface area contributed by atoms with Crippen molar-refractivity contribution in [1.29, 1.82) is 0 Å². The number of thioether (sulfide) groups is 1. The number of nitrogens with one attached hydrogen (secondary N) is 1. The molecular formula is C28H27N3O4S. The highest BCUT2D eigenvalue weighted by Gasteiger charge is 2.33. The first kappa shape index (κ1) is 24.0. The predicted octanol–water partition coefficient (Wildman–Crippen LogP) is 5.48. The van der Waals surface area contributed by atoms with Crippen LogP contribution in [-0.2, 0) is 16.1 Å². The molecule has 184 valence electrons. The molecule has 5 rings (SSSR count). The van der Waals surface area contributed by atoms with Gasteiger partial charge in [0.25, 0.3) is 0 Å². The molecule has 0 fully saturated rings. The highest BCUT2D eigenvalue weighted by molar-refractivity contribution is 8.00. The van der Waals surface area contributed by atoms with Gasteiger partial charge in [-0.05, 0) is 29.8 Å². The molecule has 0 spiro atoms. The summed E-state index contributed by atoms with van der Waals surface area (Å²) in [6, 6.07) is 23.9. The zero-order valence-electron chi connectivity index (χ0n) is 20.4. The second kappa shape index (κ2) is 10.5. The quantitative estimate of drug-likeness (QED) is 0.362. The largest absolute Gasteiger partial charge is 0.493 e. The molecule has 0 unspecified atom stereocenters. The van der Waals surface area contributed by atoms with E-state index >= 15 is 0 Å². The first-order valence-electron chi connectivity index (χ1n) is 11.5. The predicted molar refractivity (Wildman–Crippen MR) is 142 cm³/mol. The van der Waals surface area contributed by atoms with Gasteiger partial charge in [0, 0.05) is 23.8 Å². The lowest BCUT2D eigenvalue weighted by atomic mass is 9.98. The second-order valence-electron chi connectivity index (χ2n) is 8.31. The van der Waals surface area contributed by atoms with Gasteiger partial charge in [-0.2, -0.15) is 5.10 Å². The normalized spacial score (nSPS) is 15.1. The number of rotatable bonds is 7. The van der Waals surface area contributed by atoms with Crippen LogP contribution in [0.2, 0.25) is 0 Å². The molecule has 4 aromatic rings. The summed E-state index contributed by atoms with van der Waals surface area (Å²) in [6.07, 6.45) is 0. The summed E-state index contributed by atoms with van der Waals surface area (Å²) in [7, 11) is 4.89. The van der Waals surface area contributed by atoms with Crippen molar-refractivity contribution >= 4 is 23.5 Å². The van der Waals surface area contributed by atoms with Gasteiger partial charge in [0.1, 0.15) is 5.82 Å². The Hall–Kier alpha value is -3.75. The number of anilines is 1. The maximum atomic E-state index is 12.9. The topological polar surface area (TPSA) is 74.6 Å². The van der Waals surface area contributed by atoms with Crippen molar-refractivity contribution in [2.45, 2.75) is 11.9 Å². The Labute approximate surface area is 214 Å². The Morgan fingerprint density at radius 2 is 1.72 bits per heavy atom. The molecule has 2 heterocycles. The minimum absolute atomic E-state index is 0.0713. The summed E-state index contributed by atoms with van der Waals surface area (Å²) in [5.74, 6) is 2.15. The number of nitrogens with zero attached hydrogens (tertiary/aromatic N) is 2. The van der Waals surface area contributed by atoms with Crippen molar-refractivity contribution in [1.82, 2.24) is 9.78 Å². The summed E-state index contributed by atoms with van der Waals surface area (Å²) in [5.41, 5.74) is 5.45. The molecule has 0 aliphatic carbocycles. The van der Waals surface area contributed by atoms with Gasteiger partial charge < -0.3 is 19.5 Å². The van der Waals surface area contributed by atoms with Crippen LogP contribution in [0.15, 0.2) is 72.8 Å². The van der Waals surface area contributed by atoms with E-state index < -0.39 is 0 Å². The Morgan fingerprint density at radius 1 is 1.00 bits per heavy atom. The third kappa shape index (κ3) is 4.45. The van der Waals surface area contributed by atoms with Crippen LogP contribution in [0.5, 0.6) is 11.5 Å². The number of carbonyl (C=O) groups is 1. The summed E-state index contributed by atoms with van der Waals surface area (Å²) in [4.78, 5) is 12.9. The number of para-hydroxylation sites is 1. The molecule has 1 atom stereocenters. The average Bonchev–Trinajstić information content (AvgIpc) is 3.19. The fourth-order valence-corrected chi connectivity index (χ4v) is 5.63. The molecule has 1 aliphatic heterocycles. The van der Waals surface area contributed by atoms with Gasteiger partial charge in [0.15, 0.2) is 11.5 Å². The third-order valence-electron chi connectivity index (χ3n) is 6.05. The van der Waals surface area contributed by atoms with E-state index in [9.17, 15) is 4.79 Å². The van der Waals surface area contributed by atoms with Crippen molar-refractivity contribution in [3.05, 3.63) is 89.5 Å². The zero-order chi connectivity index (χ0) is 25.1. The van der Waals surface area contributed by atoms with E-state index in [2.05, 4.69) is 11.4 Å². The van der Waals surface area contributed by atoms with Crippen LogP contribution in [0, 0.1) is 0 Å². The number of fused-ring (bicyclic) bond motifs is 1. The lowest BCUT2D eigenvalue weighted by Crippen LogP contribution is -2.15. The van der Waals surface area contributed by atoms with Crippen LogP contribution >= 0.6 is 11.8 Å². The maximum absolute atomic E-state index is 12.9. The van der Waals surface area contributed by atoms with Crippen LogP contribution in [0.3, 0.4) is 0 Å². The molecule has 0 radical (unpaired) electrons. The van der Waals surface area contributed by atoms with Crippen molar-refractivity contribution in [3.63, 3.8) is 0 Å². The van der Waals surface area contributed by atoms with Gasteiger partial charge >= 0.3 is 0 Å². The Bertz CT molecular complexity index is 1370. The summed E-state index contributed by atoms with van der Waals surface area (Å²) >= 11 is 1.56. The average molecular weight is 502 g/mol. The Morgan fingerprint density at radius 3 is 2.39 bits per heavy atom. The molecule has 8 heteroatoms. The number of carbonyl (C=O) groups excluding carboxylic acids is 1. The van der Waals surface area contributed by atoms with Gasteiger partial charge in [0.05, 0.1) is 43.2 Å². The number of amides is 1. The Kier molecular flexibility index (Phi) is 6.97. The van der Waals surface area contributed by atoms with Crippen molar-refractivity contribution in [3.8, 4) is 28.4 Å². The number of benzene rings is 3. The monoisotopic (exact) mass is 501 g/mol. The first-order valence-corrected chi connectivity index (χ1v) is 12.6. The van der Waals surface area contributed by atoms with E-state index in [1.54, 1.807) is 33.1 Å². The number of ether oxygens (including phenoxy) is 3. The minimum Gasteiger partial charge on any atom is -0.493 e. The highest BCUT2D eigenvalue weighted by atomic mass is 32.2. The van der Waals surface area contributed by atoms with Crippen LogP contribution in [0.25, 0.3) is 16.9 Å². The molecule has 36 heavy (non-hydrogen) atoms. The number of methoxy groups -OCH3 is 3. The van der Waals surface area contributed by atoms with Crippen LogP contribution in [-0.4, -0.2) is 42.8 Å². The molecular weight excluding hydrogens is 474 g/mol. The number of aromatic nitrogens is 2. The van der Waals surface area contributed by atoms with Crippen LogP contribution in [0.4, 0.5) is 5.82 Å².